The maximum absolute atomic E-state index is 12.9. The molecule has 0 atom stereocenters. The number of anilines is 1. The molecule has 1 aliphatic heterocycles. The molecule has 0 radical (unpaired) electrons. The van der Waals surface area contributed by atoms with Crippen molar-refractivity contribution in [2.75, 3.05) is 19.0 Å². The van der Waals surface area contributed by atoms with Crippen molar-refractivity contribution < 1.29 is 37.4 Å². The van der Waals surface area contributed by atoms with Gasteiger partial charge in [0.25, 0.3) is 5.91 Å². The molecule has 1 aromatic carbocycles. The van der Waals surface area contributed by atoms with E-state index < -0.39 is 18.3 Å². The van der Waals surface area contributed by atoms with E-state index in [1.165, 1.54) is 7.11 Å². The summed E-state index contributed by atoms with van der Waals surface area (Å²) in [6.07, 6.45) is 0.154. The van der Waals surface area contributed by atoms with Gasteiger partial charge in [0.15, 0.2) is 0 Å². The second kappa shape index (κ2) is 10.9. The van der Waals surface area contributed by atoms with Crippen LogP contribution in [0, 0.1) is 6.92 Å². The van der Waals surface area contributed by atoms with E-state index >= 15 is 0 Å². The molecule has 9 heteroatoms. The van der Waals surface area contributed by atoms with Crippen molar-refractivity contribution >= 4 is 23.5 Å². The predicted molar refractivity (Wildman–Crippen MR) is 109 cm³/mol. The number of ether oxygens (including phenoxy) is 3. The van der Waals surface area contributed by atoms with Crippen molar-refractivity contribution in [3.63, 3.8) is 0 Å². The van der Waals surface area contributed by atoms with Crippen molar-refractivity contribution in [1.29, 1.82) is 0 Å². The molecular weight excluding hydrogens is 412 g/mol. The first kappa shape index (κ1) is 24.3. The number of amides is 1. The minimum atomic E-state index is -3.25. The highest BCUT2D eigenvalue weighted by molar-refractivity contribution is 6.06. The molecule has 0 unspecified atom stereocenters. The molecule has 0 aromatic heterocycles. The fourth-order valence-electron chi connectivity index (χ4n) is 3.33. The number of nitrogens with one attached hydrogen (secondary N) is 1. The quantitative estimate of drug-likeness (QED) is 0.436. The van der Waals surface area contributed by atoms with Gasteiger partial charge in [-0.1, -0.05) is 18.6 Å². The molecule has 0 bridgehead atoms. The van der Waals surface area contributed by atoms with Gasteiger partial charge in [0.2, 0.25) is 0 Å². The Kier molecular flexibility index (Phi) is 8.53. The molecule has 1 aromatic rings. The zero-order valence-electron chi connectivity index (χ0n) is 18.1. The number of carbonyl (C=O) groups is 3. The smallest absolute Gasteiger partial charge is 0.341 e. The fraction of sp³-hybridized carbons (Fsp3) is 0.500. The number of halogens is 2. The molecule has 170 valence electrons. The van der Waals surface area contributed by atoms with E-state index in [1.54, 1.807) is 13.0 Å². The minimum Gasteiger partial charge on any atom is -0.496 e. The van der Waals surface area contributed by atoms with Gasteiger partial charge in [0.1, 0.15) is 12.4 Å². The Morgan fingerprint density at radius 1 is 1.29 bits per heavy atom. The van der Waals surface area contributed by atoms with Gasteiger partial charge in [-0.15, -0.1) is 0 Å². The topological polar surface area (TPSA) is 90.9 Å². The van der Waals surface area contributed by atoms with Gasteiger partial charge in [-0.3, -0.25) is 9.59 Å². The fourth-order valence-corrected chi connectivity index (χ4v) is 3.33. The Hall–Kier alpha value is -2.97. The first-order valence-corrected chi connectivity index (χ1v) is 10.0. The van der Waals surface area contributed by atoms with E-state index in [2.05, 4.69) is 5.32 Å². The number of alkyl halides is 2. The highest BCUT2D eigenvalue weighted by Gasteiger charge is 2.33. The molecule has 1 N–H and O–H groups in total. The van der Waals surface area contributed by atoms with Gasteiger partial charge in [-0.25, -0.2) is 4.79 Å². The van der Waals surface area contributed by atoms with Gasteiger partial charge in [0, 0.05) is 17.5 Å². The number of rotatable bonds is 10. The monoisotopic (exact) mass is 439 g/mol. The van der Waals surface area contributed by atoms with Gasteiger partial charge < -0.3 is 19.5 Å². The van der Waals surface area contributed by atoms with Crippen molar-refractivity contribution in [2.24, 2.45) is 0 Å². The summed E-state index contributed by atoms with van der Waals surface area (Å²) < 4.78 is 41.4. The number of methoxy groups -OCH3 is 1. The standard InChI is InChI=1S/C22H27F2NO6/c1-5-10-30-16(26)9-7-12(2)6-8-14-18(25-21(27)20(23)24)17-15(11-31-22(17)28)13(3)19(14)29-4/h6,20H,5,7-11H2,1-4H3,(H,25,27). The van der Waals surface area contributed by atoms with E-state index in [4.69, 9.17) is 14.2 Å². The molecule has 0 saturated carbocycles. The van der Waals surface area contributed by atoms with E-state index in [0.717, 1.165) is 12.0 Å². The van der Waals surface area contributed by atoms with Crippen LogP contribution in [0.1, 0.15) is 60.2 Å². The lowest BCUT2D eigenvalue weighted by molar-refractivity contribution is -0.143. The highest BCUT2D eigenvalue weighted by atomic mass is 19.3. The van der Waals surface area contributed by atoms with E-state index in [-0.39, 0.29) is 36.7 Å². The lowest BCUT2D eigenvalue weighted by atomic mass is 9.93. The second-order valence-electron chi connectivity index (χ2n) is 7.21. The maximum atomic E-state index is 12.9. The molecule has 0 spiro atoms. The van der Waals surface area contributed by atoms with Crippen LogP contribution in [0.25, 0.3) is 0 Å². The highest BCUT2D eigenvalue weighted by Crippen LogP contribution is 2.41. The molecule has 0 saturated heterocycles. The van der Waals surface area contributed by atoms with Crippen LogP contribution in [-0.2, 0) is 32.1 Å². The van der Waals surface area contributed by atoms with Crippen LogP contribution in [0.15, 0.2) is 11.6 Å². The number of esters is 2. The van der Waals surface area contributed by atoms with Crippen LogP contribution in [0.2, 0.25) is 0 Å². The lowest BCUT2D eigenvalue weighted by Crippen LogP contribution is -2.23. The van der Waals surface area contributed by atoms with Gasteiger partial charge >= 0.3 is 18.4 Å². The van der Waals surface area contributed by atoms with Gasteiger partial charge in [-0.2, -0.15) is 8.78 Å². The first-order chi connectivity index (χ1) is 14.7. The molecule has 0 fully saturated rings. The Morgan fingerprint density at radius 2 is 2.00 bits per heavy atom. The zero-order chi connectivity index (χ0) is 23.1. The summed E-state index contributed by atoms with van der Waals surface area (Å²) in [5.41, 5.74) is 2.42. The molecule has 7 nitrogen and oxygen atoms in total. The van der Waals surface area contributed by atoms with Gasteiger partial charge in [0.05, 0.1) is 25.0 Å². The Balaban J connectivity index is 2.37. The number of hydrogen-bond acceptors (Lipinski definition) is 6. The molecule has 1 heterocycles. The summed E-state index contributed by atoms with van der Waals surface area (Å²) in [5, 5.41) is 2.17. The summed E-state index contributed by atoms with van der Waals surface area (Å²) in [5.74, 6) is -2.12. The third kappa shape index (κ3) is 5.80. The Bertz CT molecular complexity index is 895. The molecule has 31 heavy (non-hydrogen) atoms. The molecule has 1 aliphatic rings. The van der Waals surface area contributed by atoms with Crippen LogP contribution in [0.3, 0.4) is 0 Å². The number of benzene rings is 1. The number of hydrogen-bond donors (Lipinski definition) is 1. The van der Waals surface area contributed by atoms with Crippen LogP contribution in [0.5, 0.6) is 5.75 Å². The second-order valence-corrected chi connectivity index (χ2v) is 7.21. The zero-order valence-corrected chi connectivity index (χ0v) is 18.1. The predicted octanol–water partition coefficient (Wildman–Crippen LogP) is 4.10. The van der Waals surface area contributed by atoms with Crippen molar-refractivity contribution in [1.82, 2.24) is 0 Å². The summed E-state index contributed by atoms with van der Waals surface area (Å²) in [4.78, 5) is 35.7. The van der Waals surface area contributed by atoms with E-state index in [0.29, 0.717) is 35.5 Å². The molecular formula is C22H27F2NO6. The third-order valence-corrected chi connectivity index (χ3v) is 4.97. The summed E-state index contributed by atoms with van der Waals surface area (Å²) in [6.45, 7) is 5.82. The average Bonchev–Trinajstić information content (AvgIpc) is 3.12. The van der Waals surface area contributed by atoms with Crippen molar-refractivity contribution in [3.8, 4) is 5.75 Å². The Morgan fingerprint density at radius 3 is 2.61 bits per heavy atom. The molecule has 0 aliphatic carbocycles. The van der Waals surface area contributed by atoms with Crippen LogP contribution in [-0.4, -0.2) is 38.0 Å². The van der Waals surface area contributed by atoms with Crippen LogP contribution < -0.4 is 10.1 Å². The number of fused-ring (bicyclic) bond motifs is 1. The van der Waals surface area contributed by atoms with Gasteiger partial charge in [-0.05, 0) is 38.7 Å². The van der Waals surface area contributed by atoms with Crippen LogP contribution >= 0.6 is 0 Å². The summed E-state index contributed by atoms with van der Waals surface area (Å²) in [7, 11) is 1.43. The molecule has 1 amide bonds. The number of cyclic esters (lactones) is 1. The normalized spacial score (nSPS) is 13.1. The first-order valence-electron chi connectivity index (χ1n) is 10.0. The third-order valence-electron chi connectivity index (χ3n) is 4.97. The van der Waals surface area contributed by atoms with Crippen molar-refractivity contribution in [3.05, 3.63) is 33.9 Å². The lowest BCUT2D eigenvalue weighted by Gasteiger charge is -2.19. The Labute approximate surface area is 179 Å². The summed E-state index contributed by atoms with van der Waals surface area (Å²) in [6, 6.07) is 0. The van der Waals surface area contributed by atoms with Crippen LogP contribution in [0.4, 0.5) is 14.5 Å². The van der Waals surface area contributed by atoms with Crippen molar-refractivity contribution in [2.45, 2.75) is 59.5 Å². The van der Waals surface area contributed by atoms with E-state index in [1.807, 2.05) is 13.8 Å². The van der Waals surface area contributed by atoms with E-state index in [9.17, 15) is 23.2 Å². The maximum Gasteiger partial charge on any atom is 0.341 e. The minimum absolute atomic E-state index is 0.0249. The average molecular weight is 439 g/mol. The largest absolute Gasteiger partial charge is 0.496 e. The SMILES string of the molecule is CCCOC(=O)CCC(C)=CCc1c(NC(=O)C(F)F)c2c(c(C)c1OC)COC2=O. The number of carbonyl (C=O) groups excluding carboxylic acids is 3. The number of allylic oxidation sites excluding steroid dienone is 2. The summed E-state index contributed by atoms with van der Waals surface area (Å²) >= 11 is 0. The molecule has 2 rings (SSSR count).